The molecule has 0 radical (unpaired) electrons. The highest BCUT2D eigenvalue weighted by atomic mass is 35.5. The highest BCUT2D eigenvalue weighted by Gasteiger charge is 2.26. The van der Waals surface area contributed by atoms with Crippen LogP contribution in [0.4, 0.5) is 4.39 Å². The van der Waals surface area contributed by atoms with Gasteiger partial charge in [-0.2, -0.15) is 9.94 Å². The van der Waals surface area contributed by atoms with Gasteiger partial charge in [0.2, 0.25) is 5.69 Å². The number of amides is 1. The molecule has 38 heavy (non-hydrogen) atoms. The average molecular weight is 552 g/mol. The van der Waals surface area contributed by atoms with Crippen molar-refractivity contribution in [2.75, 3.05) is 6.54 Å². The number of hydrogen-bond donors (Lipinski definition) is 1. The fourth-order valence-electron chi connectivity index (χ4n) is 4.09. The summed E-state index contributed by atoms with van der Waals surface area (Å²) < 4.78 is 20.8. The van der Waals surface area contributed by atoms with Crippen molar-refractivity contribution in [1.82, 2.24) is 19.7 Å². The van der Waals surface area contributed by atoms with Crippen molar-refractivity contribution in [2.24, 2.45) is 0 Å². The van der Waals surface area contributed by atoms with Crippen LogP contribution in [0.1, 0.15) is 27.2 Å². The molecule has 1 aliphatic rings. The van der Waals surface area contributed by atoms with E-state index >= 15 is 0 Å². The fourth-order valence-corrected chi connectivity index (χ4v) is 4.64. The number of hydrogen-bond acceptors (Lipinski definition) is 6. The summed E-state index contributed by atoms with van der Waals surface area (Å²) in [7, 11) is 0. The molecule has 0 saturated heterocycles. The van der Waals surface area contributed by atoms with Gasteiger partial charge in [-0.25, -0.2) is 9.18 Å². The Hall–Kier alpha value is -4.46. The molecule has 1 aliphatic heterocycles. The minimum Gasteiger partial charge on any atom is -0.454 e. The first kappa shape index (κ1) is 25.2. The molecule has 0 fully saturated rings. The van der Waals surface area contributed by atoms with Crippen molar-refractivity contribution in [1.29, 1.82) is 5.26 Å². The summed E-state index contributed by atoms with van der Waals surface area (Å²) in [4.78, 5) is 40.4. The van der Waals surface area contributed by atoms with E-state index in [4.69, 9.17) is 33.2 Å². The zero-order valence-corrected chi connectivity index (χ0v) is 20.9. The van der Waals surface area contributed by atoms with E-state index in [2.05, 4.69) is 5.10 Å². The SMILES string of the molecule is N#Cc1nn(-c2cc(Cl)c(Oc3ccc4c(c3)CCN(Cc3ccccc3F)C4=O)c(Cl)c2)c(=O)[nH]c1=O. The maximum absolute atomic E-state index is 14.1. The Morgan fingerprint density at radius 3 is 2.53 bits per heavy atom. The highest BCUT2D eigenvalue weighted by Crippen LogP contribution is 2.39. The summed E-state index contributed by atoms with van der Waals surface area (Å²) in [6.45, 7) is 0.579. The number of carbonyl (C=O) groups is 1. The van der Waals surface area contributed by atoms with Crippen molar-refractivity contribution in [3.05, 3.63) is 114 Å². The summed E-state index contributed by atoms with van der Waals surface area (Å²) in [5.41, 5.74) is -0.492. The predicted molar refractivity (Wildman–Crippen MR) is 137 cm³/mol. The maximum atomic E-state index is 14.1. The van der Waals surface area contributed by atoms with E-state index in [1.54, 1.807) is 47.4 Å². The molecule has 4 aromatic rings. The van der Waals surface area contributed by atoms with Gasteiger partial charge in [0.25, 0.3) is 11.5 Å². The van der Waals surface area contributed by atoms with E-state index < -0.39 is 16.9 Å². The molecular weight excluding hydrogens is 536 g/mol. The minimum absolute atomic E-state index is 0.0377. The lowest BCUT2D eigenvalue weighted by Crippen LogP contribution is -2.37. The number of halogens is 3. The number of nitriles is 1. The van der Waals surface area contributed by atoms with Crippen LogP contribution in [0.5, 0.6) is 11.5 Å². The quantitative estimate of drug-likeness (QED) is 0.396. The van der Waals surface area contributed by atoms with Gasteiger partial charge in [-0.05, 0) is 48.4 Å². The Bertz CT molecular complexity index is 1740. The monoisotopic (exact) mass is 551 g/mol. The number of aromatic nitrogens is 3. The molecular formula is C26H16Cl2FN5O4. The Labute approximate surface area is 224 Å². The van der Waals surface area contributed by atoms with Crippen LogP contribution in [0.25, 0.3) is 5.69 Å². The third kappa shape index (κ3) is 4.77. The molecule has 0 atom stereocenters. The second-order valence-electron chi connectivity index (χ2n) is 8.36. The highest BCUT2D eigenvalue weighted by molar-refractivity contribution is 6.37. The number of nitrogens with one attached hydrogen (secondary N) is 1. The van der Waals surface area contributed by atoms with Crippen molar-refractivity contribution in [3.63, 3.8) is 0 Å². The van der Waals surface area contributed by atoms with E-state index in [0.29, 0.717) is 29.8 Å². The smallest absolute Gasteiger partial charge is 0.349 e. The van der Waals surface area contributed by atoms with Gasteiger partial charge in [0.05, 0.1) is 15.7 Å². The lowest BCUT2D eigenvalue weighted by Gasteiger charge is -2.29. The Kier molecular flexibility index (Phi) is 6.72. The molecule has 0 bridgehead atoms. The van der Waals surface area contributed by atoms with Gasteiger partial charge in [0.1, 0.15) is 17.6 Å². The van der Waals surface area contributed by atoms with E-state index in [1.807, 2.05) is 4.98 Å². The zero-order chi connectivity index (χ0) is 27.0. The lowest BCUT2D eigenvalue weighted by atomic mass is 9.98. The van der Waals surface area contributed by atoms with Crippen molar-refractivity contribution in [2.45, 2.75) is 13.0 Å². The molecule has 5 rings (SSSR count). The summed E-state index contributed by atoms with van der Waals surface area (Å²) >= 11 is 12.8. The molecule has 0 spiro atoms. The number of carbonyl (C=O) groups excluding carboxylic acids is 1. The lowest BCUT2D eigenvalue weighted by molar-refractivity contribution is 0.0725. The molecule has 9 nitrogen and oxygen atoms in total. The van der Waals surface area contributed by atoms with Crippen LogP contribution in [0.3, 0.4) is 0 Å². The van der Waals surface area contributed by atoms with Crippen LogP contribution in [0.15, 0.2) is 64.2 Å². The zero-order valence-electron chi connectivity index (χ0n) is 19.4. The molecule has 2 heterocycles. The molecule has 0 unspecified atom stereocenters. The first-order valence-corrected chi connectivity index (χ1v) is 12.0. The van der Waals surface area contributed by atoms with Crippen LogP contribution in [0, 0.1) is 17.1 Å². The van der Waals surface area contributed by atoms with Gasteiger partial charge in [0.15, 0.2) is 5.75 Å². The number of H-pyrrole nitrogens is 1. The third-order valence-electron chi connectivity index (χ3n) is 5.95. The largest absolute Gasteiger partial charge is 0.454 e. The van der Waals surface area contributed by atoms with Gasteiger partial charge in [-0.3, -0.25) is 14.6 Å². The van der Waals surface area contributed by atoms with Gasteiger partial charge in [-0.15, -0.1) is 5.10 Å². The van der Waals surface area contributed by atoms with Crippen LogP contribution >= 0.6 is 23.2 Å². The fraction of sp³-hybridized carbons (Fsp3) is 0.115. The van der Waals surface area contributed by atoms with Crippen LogP contribution in [-0.4, -0.2) is 32.1 Å². The predicted octanol–water partition coefficient (Wildman–Crippen LogP) is 4.23. The van der Waals surface area contributed by atoms with E-state index in [-0.39, 0.29) is 39.8 Å². The first-order chi connectivity index (χ1) is 18.2. The van der Waals surface area contributed by atoms with Gasteiger partial charge >= 0.3 is 5.69 Å². The summed E-state index contributed by atoms with van der Waals surface area (Å²) in [5, 5.41) is 12.8. The number of nitrogens with zero attached hydrogens (tertiary/aromatic N) is 4. The second kappa shape index (κ2) is 10.1. The van der Waals surface area contributed by atoms with Gasteiger partial charge < -0.3 is 9.64 Å². The Balaban J connectivity index is 1.39. The standard InChI is InChI=1S/C26H16Cl2FN5O4/c27-19-10-16(34-26(37)31-24(35)22(12-30)32-34)11-20(28)23(19)38-17-5-6-18-14(9-17)7-8-33(25(18)36)13-15-3-1-2-4-21(15)29/h1-6,9-11H,7-8,13H2,(H,31,35,37). The number of benzene rings is 3. The molecule has 1 amide bonds. The topological polar surface area (TPSA) is 121 Å². The van der Waals surface area contributed by atoms with Gasteiger partial charge in [0, 0.05) is 24.2 Å². The van der Waals surface area contributed by atoms with Crippen LogP contribution < -0.4 is 16.0 Å². The molecule has 1 aromatic heterocycles. The van der Waals surface area contributed by atoms with Crippen LogP contribution in [0.2, 0.25) is 10.0 Å². The molecule has 12 heteroatoms. The maximum Gasteiger partial charge on any atom is 0.349 e. The number of rotatable bonds is 5. The summed E-state index contributed by atoms with van der Waals surface area (Å²) in [6, 6.07) is 15.6. The van der Waals surface area contributed by atoms with Crippen molar-refractivity contribution < 1.29 is 13.9 Å². The van der Waals surface area contributed by atoms with Crippen molar-refractivity contribution in [3.8, 4) is 23.3 Å². The summed E-state index contributed by atoms with van der Waals surface area (Å²) in [5.74, 6) is -0.0986. The summed E-state index contributed by atoms with van der Waals surface area (Å²) in [6.07, 6.45) is 0.537. The second-order valence-corrected chi connectivity index (χ2v) is 9.17. The Morgan fingerprint density at radius 2 is 1.82 bits per heavy atom. The molecule has 1 N–H and O–H groups in total. The van der Waals surface area contributed by atoms with E-state index in [9.17, 15) is 18.8 Å². The minimum atomic E-state index is -0.910. The van der Waals surface area contributed by atoms with Crippen molar-refractivity contribution >= 4 is 29.1 Å². The van der Waals surface area contributed by atoms with Crippen LogP contribution in [-0.2, 0) is 13.0 Å². The average Bonchev–Trinajstić information content (AvgIpc) is 2.89. The number of fused-ring (bicyclic) bond motifs is 1. The third-order valence-corrected chi connectivity index (χ3v) is 6.51. The normalized spacial score (nSPS) is 12.7. The molecule has 0 aliphatic carbocycles. The molecule has 3 aromatic carbocycles. The number of aromatic amines is 1. The van der Waals surface area contributed by atoms with E-state index in [0.717, 1.165) is 10.2 Å². The number of ether oxygens (including phenoxy) is 1. The molecule has 0 saturated carbocycles. The van der Waals surface area contributed by atoms with Gasteiger partial charge in [-0.1, -0.05) is 41.4 Å². The van der Waals surface area contributed by atoms with E-state index in [1.165, 1.54) is 18.2 Å². The Morgan fingerprint density at radius 1 is 1.08 bits per heavy atom. The first-order valence-electron chi connectivity index (χ1n) is 11.2. The molecule has 190 valence electrons.